The largest absolute Gasteiger partial charge is 0.417 e. The second kappa shape index (κ2) is 7.28. The first kappa shape index (κ1) is 19.1. The van der Waals surface area contributed by atoms with Crippen molar-refractivity contribution in [3.05, 3.63) is 58.7 Å². The van der Waals surface area contributed by atoms with E-state index in [4.69, 9.17) is 11.6 Å². The number of rotatable bonds is 3. The van der Waals surface area contributed by atoms with Crippen LogP contribution in [0.5, 0.6) is 0 Å². The van der Waals surface area contributed by atoms with Crippen LogP contribution in [0.4, 0.5) is 19.0 Å². The van der Waals surface area contributed by atoms with E-state index < -0.39 is 11.7 Å². The number of piperazine rings is 1. The molecule has 0 unspecified atom stereocenters. The van der Waals surface area contributed by atoms with Crippen LogP contribution in [0.1, 0.15) is 23.5 Å². The summed E-state index contributed by atoms with van der Waals surface area (Å²) in [7, 11) is 0. The van der Waals surface area contributed by atoms with Gasteiger partial charge in [-0.05, 0) is 24.0 Å². The summed E-state index contributed by atoms with van der Waals surface area (Å²) in [4.78, 5) is 20.3. The van der Waals surface area contributed by atoms with Crippen LogP contribution in [-0.4, -0.2) is 42.0 Å². The van der Waals surface area contributed by atoms with E-state index in [1.165, 1.54) is 5.56 Å². The zero-order chi connectivity index (χ0) is 19.9. The second-order valence-electron chi connectivity index (χ2n) is 7.20. The van der Waals surface area contributed by atoms with Crippen molar-refractivity contribution in [2.45, 2.75) is 18.5 Å². The second-order valence-corrected chi connectivity index (χ2v) is 7.61. The van der Waals surface area contributed by atoms with Crippen molar-refractivity contribution in [1.82, 2.24) is 9.88 Å². The van der Waals surface area contributed by atoms with Gasteiger partial charge >= 0.3 is 6.18 Å². The summed E-state index contributed by atoms with van der Waals surface area (Å²) in [6, 6.07) is 10.9. The minimum absolute atomic E-state index is 0.0269. The van der Waals surface area contributed by atoms with E-state index in [0.29, 0.717) is 32.0 Å². The molecule has 4 rings (SSSR count). The van der Waals surface area contributed by atoms with E-state index in [9.17, 15) is 18.0 Å². The van der Waals surface area contributed by atoms with Crippen molar-refractivity contribution >= 4 is 23.3 Å². The molecule has 2 fully saturated rings. The zero-order valence-corrected chi connectivity index (χ0v) is 15.7. The van der Waals surface area contributed by atoms with Gasteiger partial charge < -0.3 is 9.80 Å². The van der Waals surface area contributed by atoms with Gasteiger partial charge in [-0.1, -0.05) is 41.9 Å². The van der Waals surface area contributed by atoms with E-state index in [1.54, 1.807) is 0 Å². The molecule has 8 heteroatoms. The molecule has 1 amide bonds. The summed E-state index contributed by atoms with van der Waals surface area (Å²) >= 11 is 6.03. The Balaban J connectivity index is 1.36. The minimum atomic E-state index is -4.47. The zero-order valence-electron chi connectivity index (χ0n) is 15.0. The molecular formula is C20H19ClF3N3O. The van der Waals surface area contributed by atoms with Crippen LogP contribution in [0.15, 0.2) is 42.6 Å². The lowest BCUT2D eigenvalue weighted by Gasteiger charge is -2.36. The smallest absolute Gasteiger partial charge is 0.352 e. The number of halogens is 4. The molecule has 148 valence electrons. The Kier molecular flexibility index (Phi) is 4.95. The van der Waals surface area contributed by atoms with Crippen LogP contribution >= 0.6 is 11.6 Å². The van der Waals surface area contributed by atoms with E-state index in [2.05, 4.69) is 4.98 Å². The third kappa shape index (κ3) is 3.81. The van der Waals surface area contributed by atoms with Gasteiger partial charge in [0.15, 0.2) is 0 Å². The predicted molar refractivity (Wildman–Crippen MR) is 100 cm³/mol. The molecule has 2 aliphatic rings. The Morgan fingerprint density at radius 2 is 1.79 bits per heavy atom. The van der Waals surface area contributed by atoms with Gasteiger partial charge in [0.2, 0.25) is 5.91 Å². The standard InChI is InChI=1S/C20H19ClF3N3O/c21-17-10-14(20(22,23)24)12-25-18(17)26-6-8-27(9-7-26)19(28)16-11-15(16)13-4-2-1-3-5-13/h1-5,10,12,15-16H,6-9,11H2/t15-,16+/m1/s1. The van der Waals surface area contributed by atoms with Gasteiger partial charge in [0.25, 0.3) is 0 Å². The van der Waals surface area contributed by atoms with E-state index in [0.717, 1.165) is 18.7 Å². The van der Waals surface area contributed by atoms with E-state index in [1.807, 2.05) is 40.1 Å². The van der Waals surface area contributed by atoms with E-state index in [-0.39, 0.29) is 22.8 Å². The Labute approximate surface area is 165 Å². The molecule has 1 saturated carbocycles. The first-order valence-electron chi connectivity index (χ1n) is 9.16. The SMILES string of the molecule is O=C([C@H]1C[C@@H]1c1ccccc1)N1CCN(c2ncc(C(F)(F)F)cc2Cl)CC1. The van der Waals surface area contributed by atoms with Crippen molar-refractivity contribution in [3.8, 4) is 0 Å². The number of benzene rings is 1. The number of aromatic nitrogens is 1. The van der Waals surface area contributed by atoms with Gasteiger partial charge in [0, 0.05) is 38.3 Å². The molecule has 0 bridgehead atoms. The number of amides is 1. The van der Waals surface area contributed by atoms with Crippen molar-refractivity contribution in [3.63, 3.8) is 0 Å². The van der Waals surface area contributed by atoms with Crippen LogP contribution in [-0.2, 0) is 11.0 Å². The highest BCUT2D eigenvalue weighted by Gasteiger charge is 2.46. The maximum atomic E-state index is 12.8. The quantitative estimate of drug-likeness (QED) is 0.762. The van der Waals surface area contributed by atoms with Crippen LogP contribution in [0.3, 0.4) is 0 Å². The van der Waals surface area contributed by atoms with Gasteiger partial charge in [-0.15, -0.1) is 0 Å². The van der Waals surface area contributed by atoms with Crippen LogP contribution in [0.2, 0.25) is 5.02 Å². The lowest BCUT2D eigenvalue weighted by molar-refractivity contribution is -0.138. The number of anilines is 1. The fourth-order valence-electron chi connectivity index (χ4n) is 3.73. The monoisotopic (exact) mass is 409 g/mol. The van der Waals surface area contributed by atoms with Crippen molar-refractivity contribution in [2.24, 2.45) is 5.92 Å². The molecule has 1 aromatic heterocycles. The molecule has 0 spiro atoms. The molecule has 2 heterocycles. The molecule has 4 nitrogen and oxygen atoms in total. The van der Waals surface area contributed by atoms with Crippen molar-refractivity contribution < 1.29 is 18.0 Å². The molecule has 1 saturated heterocycles. The van der Waals surface area contributed by atoms with Gasteiger partial charge in [-0.25, -0.2) is 4.98 Å². The molecule has 0 N–H and O–H groups in total. The number of carbonyl (C=O) groups is 1. The first-order valence-corrected chi connectivity index (χ1v) is 9.54. The highest BCUT2D eigenvalue weighted by molar-refractivity contribution is 6.33. The fraction of sp³-hybridized carbons (Fsp3) is 0.400. The molecule has 2 atom stereocenters. The molecule has 1 aromatic carbocycles. The number of hydrogen-bond acceptors (Lipinski definition) is 3. The number of carbonyl (C=O) groups excluding carboxylic acids is 1. The predicted octanol–water partition coefficient (Wildman–Crippen LogP) is 4.21. The lowest BCUT2D eigenvalue weighted by atomic mass is 10.1. The maximum absolute atomic E-state index is 12.8. The average Bonchev–Trinajstić information content (AvgIpc) is 3.48. The molecular weight excluding hydrogens is 391 g/mol. The fourth-order valence-corrected chi connectivity index (χ4v) is 4.01. The summed E-state index contributed by atoms with van der Waals surface area (Å²) < 4.78 is 38.3. The number of alkyl halides is 3. The van der Waals surface area contributed by atoms with Crippen LogP contribution in [0.25, 0.3) is 0 Å². The molecule has 1 aliphatic heterocycles. The van der Waals surface area contributed by atoms with Crippen LogP contribution in [0, 0.1) is 5.92 Å². The van der Waals surface area contributed by atoms with Crippen LogP contribution < -0.4 is 4.90 Å². The molecule has 2 aromatic rings. The normalized spacial score (nSPS) is 22.3. The molecule has 0 radical (unpaired) electrons. The van der Waals surface area contributed by atoms with Gasteiger partial charge in [-0.3, -0.25) is 4.79 Å². The van der Waals surface area contributed by atoms with E-state index >= 15 is 0 Å². The first-order chi connectivity index (χ1) is 13.3. The summed E-state index contributed by atoms with van der Waals surface area (Å²) in [5.74, 6) is 0.801. The van der Waals surface area contributed by atoms with Gasteiger partial charge in [-0.2, -0.15) is 13.2 Å². The van der Waals surface area contributed by atoms with Gasteiger partial charge in [0.1, 0.15) is 5.82 Å². The molecule has 1 aliphatic carbocycles. The summed E-state index contributed by atoms with van der Waals surface area (Å²) in [5.41, 5.74) is 0.330. The third-order valence-electron chi connectivity index (χ3n) is 5.38. The Morgan fingerprint density at radius 1 is 1.11 bits per heavy atom. The molecule has 28 heavy (non-hydrogen) atoms. The average molecular weight is 410 g/mol. The highest BCUT2D eigenvalue weighted by Crippen LogP contribution is 2.48. The number of hydrogen-bond donors (Lipinski definition) is 0. The van der Waals surface area contributed by atoms with Crippen molar-refractivity contribution in [2.75, 3.05) is 31.1 Å². The summed E-state index contributed by atoms with van der Waals surface area (Å²) in [6.07, 6.45) is -2.80. The van der Waals surface area contributed by atoms with Crippen molar-refractivity contribution in [1.29, 1.82) is 0 Å². The summed E-state index contributed by atoms with van der Waals surface area (Å²) in [5, 5.41) is -0.0269. The number of nitrogens with zero attached hydrogens (tertiary/aromatic N) is 3. The lowest BCUT2D eigenvalue weighted by Crippen LogP contribution is -2.49. The number of pyridine rings is 1. The minimum Gasteiger partial charge on any atom is -0.352 e. The Hall–Kier alpha value is -2.28. The van der Waals surface area contributed by atoms with Gasteiger partial charge in [0.05, 0.1) is 10.6 Å². The topological polar surface area (TPSA) is 36.4 Å². The summed E-state index contributed by atoms with van der Waals surface area (Å²) in [6.45, 7) is 2.00. The highest BCUT2D eigenvalue weighted by atomic mass is 35.5. The third-order valence-corrected chi connectivity index (χ3v) is 5.65. The maximum Gasteiger partial charge on any atom is 0.417 e. The Bertz CT molecular complexity index is 867. The Morgan fingerprint density at radius 3 is 2.39 bits per heavy atom.